The van der Waals surface area contributed by atoms with Gasteiger partial charge < -0.3 is 9.88 Å². The molecule has 1 N–H and O–H groups in total. The lowest BCUT2D eigenvalue weighted by atomic mass is 9.93. The fourth-order valence-electron chi connectivity index (χ4n) is 2.91. The highest BCUT2D eigenvalue weighted by molar-refractivity contribution is 6.42. The Morgan fingerprint density at radius 1 is 1.04 bits per heavy atom. The number of carbonyl (C=O) groups excluding carboxylic acids is 1. The van der Waals surface area contributed by atoms with Gasteiger partial charge in [-0.2, -0.15) is 0 Å². The maximum Gasteiger partial charge on any atom is 0.252 e. The largest absolute Gasteiger partial charge is 0.343 e. The van der Waals surface area contributed by atoms with E-state index in [1.54, 1.807) is 19.2 Å². The molecule has 1 amide bonds. The van der Waals surface area contributed by atoms with Gasteiger partial charge in [0.1, 0.15) is 0 Å². The number of nitrogens with one attached hydrogen (secondary N) is 1. The van der Waals surface area contributed by atoms with Crippen molar-refractivity contribution in [3.8, 4) is 0 Å². The molecule has 2 aromatic carbocycles. The molecule has 0 aliphatic rings. The van der Waals surface area contributed by atoms with Gasteiger partial charge in [0.15, 0.2) is 0 Å². The fraction of sp³-hybridized carbons (Fsp3) is 0.200. The van der Waals surface area contributed by atoms with Crippen LogP contribution in [0.25, 0.3) is 10.9 Å². The van der Waals surface area contributed by atoms with E-state index >= 15 is 0 Å². The van der Waals surface area contributed by atoms with Crippen LogP contribution in [-0.2, 0) is 12.6 Å². The predicted octanol–water partition coefficient (Wildman–Crippen LogP) is 4.51. The van der Waals surface area contributed by atoms with E-state index in [1.807, 2.05) is 44.2 Å². The molecular weight excluding hydrogens is 371 g/mol. The van der Waals surface area contributed by atoms with E-state index in [9.17, 15) is 9.59 Å². The number of hydrogen-bond donors (Lipinski definition) is 1. The van der Waals surface area contributed by atoms with Crippen LogP contribution in [0.5, 0.6) is 0 Å². The average molecular weight is 389 g/mol. The van der Waals surface area contributed by atoms with Gasteiger partial charge in [-0.3, -0.25) is 9.59 Å². The number of benzene rings is 2. The van der Waals surface area contributed by atoms with Crippen molar-refractivity contribution in [2.75, 3.05) is 0 Å². The lowest BCUT2D eigenvalue weighted by molar-refractivity contribution is 0.0913. The van der Waals surface area contributed by atoms with Crippen LogP contribution in [0.3, 0.4) is 0 Å². The van der Waals surface area contributed by atoms with E-state index in [2.05, 4.69) is 5.32 Å². The molecule has 0 saturated carbocycles. The molecule has 26 heavy (non-hydrogen) atoms. The number of amides is 1. The Morgan fingerprint density at radius 2 is 1.73 bits per heavy atom. The zero-order chi connectivity index (χ0) is 19.1. The van der Waals surface area contributed by atoms with Crippen molar-refractivity contribution in [3.63, 3.8) is 0 Å². The molecular formula is C20H18Cl2N2O2. The summed E-state index contributed by atoms with van der Waals surface area (Å²) in [4.78, 5) is 25.2. The zero-order valence-electron chi connectivity index (χ0n) is 14.6. The van der Waals surface area contributed by atoms with Gasteiger partial charge in [-0.25, -0.2) is 0 Å². The minimum Gasteiger partial charge on any atom is -0.343 e. The number of rotatable bonds is 3. The molecule has 0 saturated heterocycles. The first-order valence-corrected chi connectivity index (χ1v) is 8.83. The van der Waals surface area contributed by atoms with Crippen molar-refractivity contribution in [2.45, 2.75) is 19.4 Å². The molecule has 4 nitrogen and oxygen atoms in total. The summed E-state index contributed by atoms with van der Waals surface area (Å²) in [5, 5.41) is 4.58. The molecule has 0 aliphatic heterocycles. The van der Waals surface area contributed by atoms with Crippen LogP contribution in [0.4, 0.5) is 0 Å². The van der Waals surface area contributed by atoms with Crippen LogP contribution in [-0.4, -0.2) is 10.5 Å². The third kappa shape index (κ3) is 3.35. The number of aryl methyl sites for hydroxylation is 1. The highest BCUT2D eigenvalue weighted by Crippen LogP contribution is 2.29. The molecule has 134 valence electrons. The topological polar surface area (TPSA) is 51.1 Å². The Bertz CT molecular complexity index is 1070. The smallest absolute Gasteiger partial charge is 0.252 e. The first-order valence-electron chi connectivity index (χ1n) is 8.07. The third-order valence-corrected chi connectivity index (χ3v) is 5.20. The van der Waals surface area contributed by atoms with E-state index in [1.165, 1.54) is 10.6 Å². The van der Waals surface area contributed by atoms with Gasteiger partial charge in [-0.05, 0) is 37.6 Å². The molecule has 0 aliphatic carbocycles. The fourth-order valence-corrected chi connectivity index (χ4v) is 3.20. The van der Waals surface area contributed by atoms with Gasteiger partial charge in [0.25, 0.3) is 11.5 Å². The SMILES string of the molecule is Cn1c(=O)cc(C(=O)NC(C)(C)c2ccc(Cl)c(Cl)c2)c2ccccc21. The minimum absolute atomic E-state index is 0.235. The molecule has 0 atom stereocenters. The number of fused-ring (bicyclic) bond motifs is 1. The highest BCUT2D eigenvalue weighted by atomic mass is 35.5. The van der Waals surface area contributed by atoms with E-state index in [0.29, 0.717) is 21.1 Å². The van der Waals surface area contributed by atoms with Crippen molar-refractivity contribution >= 4 is 40.0 Å². The molecule has 0 radical (unpaired) electrons. The number of nitrogens with zero attached hydrogens (tertiary/aromatic N) is 1. The van der Waals surface area contributed by atoms with Gasteiger partial charge >= 0.3 is 0 Å². The van der Waals surface area contributed by atoms with Gasteiger partial charge in [0.05, 0.1) is 26.7 Å². The number of halogens is 2. The van der Waals surface area contributed by atoms with Crippen molar-refractivity contribution in [1.82, 2.24) is 9.88 Å². The van der Waals surface area contributed by atoms with Crippen LogP contribution in [0.15, 0.2) is 53.3 Å². The monoisotopic (exact) mass is 388 g/mol. The van der Waals surface area contributed by atoms with Gasteiger partial charge in [-0.1, -0.05) is 47.5 Å². The predicted molar refractivity (Wildman–Crippen MR) is 106 cm³/mol. The molecule has 3 aromatic rings. The van der Waals surface area contributed by atoms with Crippen molar-refractivity contribution in [1.29, 1.82) is 0 Å². The maximum atomic E-state index is 12.9. The number of hydrogen-bond acceptors (Lipinski definition) is 2. The summed E-state index contributed by atoms with van der Waals surface area (Å²) < 4.78 is 1.52. The Morgan fingerprint density at radius 3 is 2.42 bits per heavy atom. The lowest BCUT2D eigenvalue weighted by Gasteiger charge is -2.27. The van der Waals surface area contributed by atoms with Gasteiger partial charge in [0.2, 0.25) is 0 Å². The zero-order valence-corrected chi connectivity index (χ0v) is 16.2. The van der Waals surface area contributed by atoms with E-state index in [0.717, 1.165) is 10.9 Å². The highest BCUT2D eigenvalue weighted by Gasteiger charge is 2.25. The number of carbonyl (C=O) groups is 1. The summed E-state index contributed by atoms with van der Waals surface area (Å²) >= 11 is 12.1. The molecule has 1 aromatic heterocycles. The standard InChI is InChI=1S/C20H18Cl2N2O2/c1-20(2,12-8-9-15(21)16(22)10-12)23-19(26)14-11-18(25)24(3)17-7-5-4-6-13(14)17/h4-11H,1-3H3,(H,23,26). The van der Waals surface area contributed by atoms with E-state index in [-0.39, 0.29) is 11.5 Å². The molecule has 0 fully saturated rings. The Hall–Kier alpha value is -2.30. The van der Waals surface area contributed by atoms with Crippen LogP contribution in [0, 0.1) is 0 Å². The summed E-state index contributed by atoms with van der Waals surface area (Å²) in [6.07, 6.45) is 0. The molecule has 0 unspecified atom stereocenters. The number of aromatic nitrogens is 1. The first-order chi connectivity index (χ1) is 12.2. The van der Waals surface area contributed by atoms with Gasteiger partial charge in [-0.15, -0.1) is 0 Å². The summed E-state index contributed by atoms with van der Waals surface area (Å²) in [5.41, 5.74) is 0.928. The molecule has 1 heterocycles. The molecule has 0 bridgehead atoms. The minimum atomic E-state index is -0.701. The quantitative estimate of drug-likeness (QED) is 0.717. The molecule has 6 heteroatoms. The second-order valence-electron chi connectivity index (χ2n) is 6.68. The first kappa shape index (κ1) is 18.5. The maximum absolute atomic E-state index is 12.9. The summed E-state index contributed by atoms with van der Waals surface area (Å²) in [6, 6.07) is 13.9. The average Bonchev–Trinajstić information content (AvgIpc) is 2.60. The number of pyridine rings is 1. The van der Waals surface area contributed by atoms with E-state index in [4.69, 9.17) is 23.2 Å². The van der Waals surface area contributed by atoms with Crippen molar-refractivity contribution in [3.05, 3.63) is 80.1 Å². The third-order valence-electron chi connectivity index (χ3n) is 4.47. The van der Waals surface area contributed by atoms with Gasteiger partial charge in [0, 0.05) is 18.5 Å². The molecule has 3 rings (SSSR count). The Balaban J connectivity index is 2.02. The van der Waals surface area contributed by atoms with Crippen LogP contribution >= 0.6 is 23.2 Å². The van der Waals surface area contributed by atoms with Crippen LogP contribution < -0.4 is 10.9 Å². The lowest BCUT2D eigenvalue weighted by Crippen LogP contribution is -2.41. The van der Waals surface area contributed by atoms with E-state index < -0.39 is 5.54 Å². The summed E-state index contributed by atoms with van der Waals surface area (Å²) in [5.74, 6) is -0.324. The summed E-state index contributed by atoms with van der Waals surface area (Å²) in [7, 11) is 1.69. The van der Waals surface area contributed by atoms with Crippen LogP contribution in [0.2, 0.25) is 10.0 Å². The Labute approximate surface area is 161 Å². The van der Waals surface area contributed by atoms with Crippen molar-refractivity contribution < 1.29 is 4.79 Å². The van der Waals surface area contributed by atoms with Crippen molar-refractivity contribution in [2.24, 2.45) is 7.05 Å². The normalized spacial score (nSPS) is 11.6. The van der Waals surface area contributed by atoms with Crippen LogP contribution in [0.1, 0.15) is 29.8 Å². The number of para-hydroxylation sites is 1. The summed E-state index contributed by atoms with van der Waals surface area (Å²) in [6.45, 7) is 3.74. The second kappa shape index (κ2) is 6.78. The Kier molecular flexibility index (Phi) is 4.82. The molecule has 0 spiro atoms. The second-order valence-corrected chi connectivity index (χ2v) is 7.49.